The van der Waals surface area contributed by atoms with Crippen molar-refractivity contribution >= 4 is 29.1 Å². The summed E-state index contributed by atoms with van der Waals surface area (Å²) in [5.41, 5.74) is 1.54. The molecule has 3 rings (SSSR count). The number of carbonyl (C=O) groups is 2. The average molecular weight is 389 g/mol. The van der Waals surface area contributed by atoms with E-state index in [1.165, 1.54) is 0 Å². The van der Waals surface area contributed by atoms with E-state index in [9.17, 15) is 9.59 Å². The number of anilines is 1. The van der Waals surface area contributed by atoms with Gasteiger partial charge in [0.05, 0.1) is 5.02 Å². The van der Waals surface area contributed by atoms with Gasteiger partial charge in [-0.1, -0.05) is 11.6 Å². The van der Waals surface area contributed by atoms with Gasteiger partial charge in [-0.2, -0.15) is 0 Å². The molecule has 1 aliphatic heterocycles. The summed E-state index contributed by atoms with van der Waals surface area (Å²) in [6.07, 6.45) is 0. The van der Waals surface area contributed by atoms with Crippen LogP contribution >= 0.6 is 11.6 Å². The van der Waals surface area contributed by atoms with Crippen LogP contribution in [0.3, 0.4) is 0 Å². The van der Waals surface area contributed by atoms with E-state index in [2.05, 4.69) is 5.32 Å². The van der Waals surface area contributed by atoms with Crippen LogP contribution in [-0.2, 0) is 0 Å². The Hall–Kier alpha value is -2.73. The minimum Gasteiger partial charge on any atom is -0.486 e. The summed E-state index contributed by atoms with van der Waals surface area (Å²) in [6.45, 7) is 6.02. The zero-order chi connectivity index (χ0) is 19.4. The van der Waals surface area contributed by atoms with Gasteiger partial charge in [-0.05, 0) is 50.2 Å². The van der Waals surface area contributed by atoms with Crippen LogP contribution in [0.15, 0.2) is 36.4 Å². The fraction of sp³-hybridized carbons (Fsp3) is 0.300. The second kappa shape index (κ2) is 8.31. The largest absolute Gasteiger partial charge is 0.486 e. The molecule has 0 aromatic heterocycles. The lowest BCUT2D eigenvalue weighted by Gasteiger charge is -2.20. The normalized spacial score (nSPS) is 12.4. The highest BCUT2D eigenvalue weighted by atomic mass is 35.5. The molecular formula is C20H21ClN2O4. The molecule has 2 amide bonds. The molecule has 0 unspecified atom stereocenters. The van der Waals surface area contributed by atoms with Gasteiger partial charge >= 0.3 is 0 Å². The minimum atomic E-state index is -0.323. The second-order valence-corrected chi connectivity index (χ2v) is 6.40. The second-order valence-electron chi connectivity index (χ2n) is 5.99. The first kappa shape index (κ1) is 19.0. The number of nitrogens with one attached hydrogen (secondary N) is 1. The van der Waals surface area contributed by atoms with Gasteiger partial charge in [0.25, 0.3) is 11.8 Å². The Morgan fingerprint density at radius 2 is 1.70 bits per heavy atom. The Balaban J connectivity index is 1.73. The number of carbonyl (C=O) groups excluding carboxylic acids is 2. The van der Waals surface area contributed by atoms with Crippen LogP contribution in [0.5, 0.6) is 11.5 Å². The maximum atomic E-state index is 12.5. The summed E-state index contributed by atoms with van der Waals surface area (Å²) in [6, 6.07) is 9.96. The average Bonchev–Trinajstić information content (AvgIpc) is 2.69. The summed E-state index contributed by atoms with van der Waals surface area (Å²) in [5, 5.41) is 3.13. The highest BCUT2D eigenvalue weighted by Crippen LogP contribution is 2.38. The van der Waals surface area contributed by atoms with Gasteiger partial charge in [0.2, 0.25) is 0 Å². The van der Waals surface area contributed by atoms with Crippen LogP contribution in [0, 0.1) is 0 Å². The van der Waals surface area contributed by atoms with Crippen LogP contribution in [0.4, 0.5) is 5.69 Å². The number of halogens is 1. The maximum Gasteiger partial charge on any atom is 0.255 e. The van der Waals surface area contributed by atoms with Crippen LogP contribution in [0.25, 0.3) is 0 Å². The Kier molecular flexibility index (Phi) is 5.86. The summed E-state index contributed by atoms with van der Waals surface area (Å²) >= 11 is 6.18. The van der Waals surface area contributed by atoms with E-state index < -0.39 is 0 Å². The van der Waals surface area contributed by atoms with E-state index in [1.807, 2.05) is 13.8 Å². The van der Waals surface area contributed by atoms with Crippen molar-refractivity contribution in [3.05, 3.63) is 52.5 Å². The SMILES string of the molecule is CCN(CC)C(=O)c1ccc(NC(=O)c2cc(Cl)c3c(c2)OCCO3)cc1. The Morgan fingerprint density at radius 1 is 1.04 bits per heavy atom. The number of amides is 2. The lowest BCUT2D eigenvalue weighted by molar-refractivity contribution is 0.0773. The van der Waals surface area contributed by atoms with E-state index in [0.29, 0.717) is 59.6 Å². The highest BCUT2D eigenvalue weighted by Gasteiger charge is 2.19. The smallest absolute Gasteiger partial charge is 0.255 e. The maximum absolute atomic E-state index is 12.5. The number of fused-ring (bicyclic) bond motifs is 1. The van der Waals surface area contributed by atoms with Crippen LogP contribution < -0.4 is 14.8 Å². The van der Waals surface area contributed by atoms with Crippen molar-refractivity contribution in [3.8, 4) is 11.5 Å². The molecule has 0 aliphatic carbocycles. The first-order valence-electron chi connectivity index (χ1n) is 8.83. The predicted molar refractivity (Wildman–Crippen MR) is 104 cm³/mol. The van der Waals surface area contributed by atoms with Crippen molar-refractivity contribution in [2.45, 2.75) is 13.8 Å². The molecule has 27 heavy (non-hydrogen) atoms. The monoisotopic (exact) mass is 388 g/mol. The number of hydrogen-bond acceptors (Lipinski definition) is 4. The topological polar surface area (TPSA) is 67.9 Å². The van der Waals surface area contributed by atoms with E-state index in [4.69, 9.17) is 21.1 Å². The van der Waals surface area contributed by atoms with Gasteiger partial charge in [-0.3, -0.25) is 9.59 Å². The van der Waals surface area contributed by atoms with Gasteiger partial charge in [0.15, 0.2) is 11.5 Å². The number of rotatable bonds is 5. The van der Waals surface area contributed by atoms with Gasteiger partial charge in [-0.25, -0.2) is 0 Å². The van der Waals surface area contributed by atoms with Crippen LogP contribution in [0.2, 0.25) is 5.02 Å². The Labute approximate surface area is 163 Å². The summed E-state index contributed by atoms with van der Waals surface area (Å²) in [4.78, 5) is 26.6. The van der Waals surface area contributed by atoms with E-state index >= 15 is 0 Å². The third kappa shape index (κ3) is 4.17. The molecule has 6 nitrogen and oxygen atoms in total. The van der Waals surface area contributed by atoms with E-state index in [-0.39, 0.29) is 11.8 Å². The molecule has 0 spiro atoms. The fourth-order valence-electron chi connectivity index (χ4n) is 2.83. The van der Waals surface area contributed by atoms with Gasteiger partial charge in [0.1, 0.15) is 13.2 Å². The Morgan fingerprint density at radius 3 is 2.37 bits per heavy atom. The molecule has 0 radical (unpaired) electrons. The van der Waals surface area contributed by atoms with Crippen molar-refractivity contribution in [1.82, 2.24) is 4.90 Å². The third-order valence-corrected chi connectivity index (χ3v) is 4.58. The summed E-state index contributed by atoms with van der Waals surface area (Å²) < 4.78 is 11.0. The zero-order valence-corrected chi connectivity index (χ0v) is 16.0. The number of nitrogens with zero attached hydrogens (tertiary/aromatic N) is 1. The molecule has 1 heterocycles. The molecule has 0 bridgehead atoms. The highest BCUT2D eigenvalue weighted by molar-refractivity contribution is 6.32. The molecule has 0 saturated carbocycles. The first-order chi connectivity index (χ1) is 13.0. The van der Waals surface area contributed by atoms with Gasteiger partial charge < -0.3 is 19.7 Å². The standard InChI is InChI=1S/C20H21ClN2O4/c1-3-23(4-2)20(25)13-5-7-15(8-6-13)22-19(24)14-11-16(21)18-17(12-14)26-9-10-27-18/h5-8,11-12H,3-4,9-10H2,1-2H3,(H,22,24). The summed E-state index contributed by atoms with van der Waals surface area (Å²) in [7, 11) is 0. The van der Waals surface area contributed by atoms with E-state index in [1.54, 1.807) is 41.3 Å². The molecule has 0 saturated heterocycles. The molecule has 1 N–H and O–H groups in total. The molecule has 0 atom stereocenters. The van der Waals surface area contributed by atoms with E-state index in [0.717, 1.165) is 0 Å². The fourth-order valence-corrected chi connectivity index (χ4v) is 3.10. The van der Waals surface area contributed by atoms with Crippen molar-refractivity contribution in [2.24, 2.45) is 0 Å². The minimum absolute atomic E-state index is 0.0310. The molecule has 7 heteroatoms. The number of ether oxygens (including phenoxy) is 2. The van der Waals surface area contributed by atoms with Crippen LogP contribution in [0.1, 0.15) is 34.6 Å². The van der Waals surface area contributed by atoms with Crippen LogP contribution in [-0.4, -0.2) is 43.0 Å². The molecular weight excluding hydrogens is 368 g/mol. The molecule has 142 valence electrons. The zero-order valence-electron chi connectivity index (χ0n) is 15.3. The van der Waals surface area contributed by atoms with Gasteiger partial charge in [0, 0.05) is 29.9 Å². The van der Waals surface area contributed by atoms with Crippen molar-refractivity contribution < 1.29 is 19.1 Å². The number of hydrogen-bond donors (Lipinski definition) is 1. The van der Waals surface area contributed by atoms with Gasteiger partial charge in [-0.15, -0.1) is 0 Å². The number of benzene rings is 2. The lowest BCUT2D eigenvalue weighted by atomic mass is 10.1. The quantitative estimate of drug-likeness (QED) is 0.844. The summed E-state index contributed by atoms with van der Waals surface area (Å²) in [5.74, 6) is 0.561. The third-order valence-electron chi connectivity index (χ3n) is 4.30. The molecule has 2 aromatic carbocycles. The molecule has 2 aromatic rings. The predicted octanol–water partition coefficient (Wildman–Crippen LogP) is 3.85. The molecule has 1 aliphatic rings. The lowest BCUT2D eigenvalue weighted by Crippen LogP contribution is -2.30. The Bertz CT molecular complexity index is 848. The van der Waals surface area contributed by atoms with Crippen molar-refractivity contribution in [1.29, 1.82) is 0 Å². The van der Waals surface area contributed by atoms with Crippen molar-refractivity contribution in [3.63, 3.8) is 0 Å². The van der Waals surface area contributed by atoms with Crippen molar-refractivity contribution in [2.75, 3.05) is 31.6 Å². The molecule has 0 fully saturated rings. The first-order valence-corrected chi connectivity index (χ1v) is 9.21.